The van der Waals surface area contributed by atoms with Gasteiger partial charge in [0.05, 0.1) is 12.9 Å². The number of allylic oxidation sites excluding steroid dienone is 1. The van der Waals surface area contributed by atoms with Crippen molar-refractivity contribution in [2.24, 2.45) is 5.92 Å². The summed E-state index contributed by atoms with van der Waals surface area (Å²) in [5.74, 6) is 0.838. The van der Waals surface area contributed by atoms with Crippen LogP contribution in [-0.2, 0) is 14.3 Å². The zero-order valence-corrected chi connectivity index (χ0v) is 12.7. The second-order valence-electron chi connectivity index (χ2n) is 5.54. The van der Waals surface area contributed by atoms with Crippen LogP contribution in [0.4, 0.5) is 0 Å². The van der Waals surface area contributed by atoms with E-state index in [1.165, 1.54) is 49.7 Å². The summed E-state index contributed by atoms with van der Waals surface area (Å²) in [6.45, 7) is 4.53. The lowest BCUT2D eigenvalue weighted by molar-refractivity contribution is 0.323. The van der Waals surface area contributed by atoms with Crippen LogP contribution in [0.25, 0.3) is 0 Å². The lowest BCUT2D eigenvalue weighted by atomic mass is 9.84. The maximum atomic E-state index is 10.9. The molecule has 0 spiro atoms. The first-order valence-electron chi connectivity index (χ1n) is 6.88. The summed E-state index contributed by atoms with van der Waals surface area (Å²) in [4.78, 5) is 0. The van der Waals surface area contributed by atoms with Gasteiger partial charge in [-0.25, -0.2) is 0 Å². The van der Waals surface area contributed by atoms with Crippen molar-refractivity contribution in [1.82, 2.24) is 0 Å². The van der Waals surface area contributed by atoms with Crippen molar-refractivity contribution in [3.8, 4) is 0 Å². The maximum Gasteiger partial charge on any atom is 0.264 e. The summed E-state index contributed by atoms with van der Waals surface area (Å²) in [6, 6.07) is 0. The monoisotopic (exact) mass is 274 g/mol. The smallest absolute Gasteiger partial charge is 0.264 e. The largest absolute Gasteiger partial charge is 0.270 e. The summed E-state index contributed by atoms with van der Waals surface area (Å²) in [7, 11) is -3.30. The minimum atomic E-state index is -3.30. The molecule has 1 aliphatic carbocycles. The van der Waals surface area contributed by atoms with E-state index in [1.54, 1.807) is 0 Å². The highest BCUT2D eigenvalue weighted by atomic mass is 32.2. The number of hydrogen-bond donors (Lipinski definition) is 0. The summed E-state index contributed by atoms with van der Waals surface area (Å²) in [5.41, 5.74) is 2.70. The molecule has 0 aliphatic heterocycles. The second kappa shape index (κ2) is 7.29. The zero-order valence-electron chi connectivity index (χ0n) is 11.9. The first kappa shape index (κ1) is 15.7. The molecule has 1 saturated carbocycles. The van der Waals surface area contributed by atoms with E-state index in [0.29, 0.717) is 6.42 Å². The highest BCUT2D eigenvalue weighted by Crippen LogP contribution is 2.30. The number of hydrogen-bond acceptors (Lipinski definition) is 3. The third kappa shape index (κ3) is 6.55. The fourth-order valence-electron chi connectivity index (χ4n) is 2.56. The van der Waals surface area contributed by atoms with E-state index in [2.05, 4.69) is 13.8 Å². The van der Waals surface area contributed by atoms with E-state index in [0.717, 1.165) is 12.2 Å². The quantitative estimate of drug-likeness (QED) is 0.548. The van der Waals surface area contributed by atoms with Crippen LogP contribution in [0.3, 0.4) is 0 Å². The standard InChI is InChI=1S/C14H26O3S/c1-12(9-10-17-18(3,15)16)13(2)11-14-7-5-4-6-8-14/h14H,4-11H2,1-3H3/b13-12-. The minimum absolute atomic E-state index is 0.271. The van der Waals surface area contributed by atoms with Gasteiger partial charge < -0.3 is 0 Å². The second-order valence-corrected chi connectivity index (χ2v) is 7.19. The first-order valence-corrected chi connectivity index (χ1v) is 8.70. The van der Waals surface area contributed by atoms with Gasteiger partial charge >= 0.3 is 0 Å². The van der Waals surface area contributed by atoms with Gasteiger partial charge in [-0.15, -0.1) is 0 Å². The van der Waals surface area contributed by atoms with Gasteiger partial charge in [-0.1, -0.05) is 43.3 Å². The average Bonchev–Trinajstić information content (AvgIpc) is 2.28. The van der Waals surface area contributed by atoms with Gasteiger partial charge in [-0.2, -0.15) is 8.42 Å². The lowest BCUT2D eigenvalue weighted by Crippen LogP contribution is -2.08. The molecule has 1 fully saturated rings. The predicted octanol–water partition coefficient (Wildman–Crippen LogP) is 3.66. The van der Waals surface area contributed by atoms with E-state index in [1.807, 2.05) is 0 Å². The van der Waals surface area contributed by atoms with Crippen molar-refractivity contribution in [2.45, 2.75) is 58.8 Å². The molecule has 1 aliphatic rings. The van der Waals surface area contributed by atoms with Gasteiger partial charge in [0.2, 0.25) is 0 Å². The SMILES string of the molecule is C/C(CCOS(C)(=O)=O)=C(\C)CC1CCCCC1. The molecular formula is C14H26O3S. The van der Waals surface area contributed by atoms with Crippen molar-refractivity contribution in [3.63, 3.8) is 0 Å². The normalized spacial score (nSPS) is 19.7. The van der Waals surface area contributed by atoms with Gasteiger partial charge in [0, 0.05) is 0 Å². The molecule has 4 heteroatoms. The summed E-state index contributed by atoms with van der Waals surface area (Å²) >= 11 is 0. The molecule has 0 N–H and O–H groups in total. The molecule has 0 aromatic heterocycles. The summed E-state index contributed by atoms with van der Waals surface area (Å²) < 4.78 is 26.5. The molecule has 3 nitrogen and oxygen atoms in total. The fraction of sp³-hybridized carbons (Fsp3) is 0.857. The van der Waals surface area contributed by atoms with E-state index in [4.69, 9.17) is 4.18 Å². The van der Waals surface area contributed by atoms with E-state index < -0.39 is 10.1 Å². The Balaban J connectivity index is 2.36. The van der Waals surface area contributed by atoms with Crippen LogP contribution in [0.15, 0.2) is 11.1 Å². The summed E-state index contributed by atoms with van der Waals surface area (Å²) in [5, 5.41) is 0. The fourth-order valence-corrected chi connectivity index (χ4v) is 2.94. The topological polar surface area (TPSA) is 43.4 Å². The molecule has 0 atom stereocenters. The van der Waals surface area contributed by atoms with E-state index in [9.17, 15) is 8.42 Å². The highest BCUT2D eigenvalue weighted by molar-refractivity contribution is 7.85. The number of rotatable bonds is 6. The lowest BCUT2D eigenvalue weighted by Gasteiger charge is -2.22. The van der Waals surface area contributed by atoms with Crippen LogP contribution >= 0.6 is 0 Å². The van der Waals surface area contributed by atoms with Gasteiger partial charge in [0.15, 0.2) is 0 Å². The molecule has 0 aromatic rings. The molecule has 0 aromatic carbocycles. The van der Waals surface area contributed by atoms with E-state index >= 15 is 0 Å². The van der Waals surface area contributed by atoms with Gasteiger partial charge in [0.25, 0.3) is 10.1 Å². The molecule has 1 rings (SSSR count). The van der Waals surface area contributed by atoms with Crippen LogP contribution in [-0.4, -0.2) is 21.3 Å². The summed E-state index contributed by atoms with van der Waals surface area (Å²) in [6.07, 6.45) is 9.81. The minimum Gasteiger partial charge on any atom is -0.270 e. The van der Waals surface area contributed by atoms with Crippen LogP contribution in [0.5, 0.6) is 0 Å². The van der Waals surface area contributed by atoms with Crippen molar-refractivity contribution in [3.05, 3.63) is 11.1 Å². The van der Waals surface area contributed by atoms with Crippen LogP contribution in [0, 0.1) is 5.92 Å². The average molecular weight is 274 g/mol. The Morgan fingerprint density at radius 3 is 2.28 bits per heavy atom. The zero-order chi connectivity index (χ0) is 13.6. The molecule has 0 saturated heterocycles. The Hall–Kier alpha value is -0.350. The Morgan fingerprint density at radius 2 is 1.72 bits per heavy atom. The molecule has 0 amide bonds. The Labute approximate surface area is 112 Å². The molecular weight excluding hydrogens is 248 g/mol. The van der Waals surface area contributed by atoms with Crippen LogP contribution in [0.1, 0.15) is 58.8 Å². The molecule has 0 radical (unpaired) electrons. The van der Waals surface area contributed by atoms with Crippen LogP contribution < -0.4 is 0 Å². The molecule has 18 heavy (non-hydrogen) atoms. The van der Waals surface area contributed by atoms with Crippen molar-refractivity contribution < 1.29 is 12.6 Å². The Kier molecular flexibility index (Phi) is 6.36. The molecule has 0 unspecified atom stereocenters. The van der Waals surface area contributed by atoms with Crippen molar-refractivity contribution in [1.29, 1.82) is 0 Å². The van der Waals surface area contributed by atoms with Gasteiger partial charge in [-0.3, -0.25) is 4.18 Å². The Bertz CT molecular complexity index is 376. The third-order valence-corrected chi connectivity index (χ3v) is 4.42. The molecule has 0 bridgehead atoms. The highest BCUT2D eigenvalue weighted by Gasteiger charge is 2.14. The third-order valence-electron chi connectivity index (χ3n) is 3.82. The maximum absolute atomic E-state index is 10.9. The Morgan fingerprint density at radius 1 is 1.11 bits per heavy atom. The predicted molar refractivity (Wildman–Crippen MR) is 75.0 cm³/mol. The molecule has 0 heterocycles. The van der Waals surface area contributed by atoms with E-state index in [-0.39, 0.29) is 6.61 Å². The molecule has 106 valence electrons. The van der Waals surface area contributed by atoms with Crippen molar-refractivity contribution in [2.75, 3.05) is 12.9 Å². The van der Waals surface area contributed by atoms with Gasteiger partial charge in [0.1, 0.15) is 0 Å². The van der Waals surface area contributed by atoms with Crippen LogP contribution in [0.2, 0.25) is 0 Å². The van der Waals surface area contributed by atoms with Crippen molar-refractivity contribution >= 4 is 10.1 Å². The first-order chi connectivity index (χ1) is 8.38. The van der Waals surface area contributed by atoms with Gasteiger partial charge in [-0.05, 0) is 32.6 Å².